The molecule has 0 aliphatic carbocycles. The zero-order valence-electron chi connectivity index (χ0n) is 14.9. The fraction of sp³-hybridized carbons (Fsp3) is 0.100. The van der Waals surface area contributed by atoms with Crippen LogP contribution in [0.4, 0.5) is 26.3 Å². The summed E-state index contributed by atoms with van der Waals surface area (Å²) in [5.74, 6) is -0.834. The van der Waals surface area contributed by atoms with Gasteiger partial charge in [-0.05, 0) is 42.5 Å². The van der Waals surface area contributed by atoms with Crippen molar-refractivity contribution in [1.82, 2.24) is 14.8 Å². The Morgan fingerprint density at radius 2 is 1.67 bits per heavy atom. The molecule has 0 bridgehead atoms. The maximum absolute atomic E-state index is 14.2. The summed E-state index contributed by atoms with van der Waals surface area (Å²) < 4.78 is 85.0. The SMILES string of the molecule is Fc1ccccc1-n1ncc2c(C(F)(F)F)cc(-c3ccc(OC(F)F)cc3)nc21. The average Bonchev–Trinajstić information content (AvgIpc) is 3.10. The lowest BCUT2D eigenvalue weighted by Gasteiger charge is -2.12. The van der Waals surface area contributed by atoms with E-state index in [1.54, 1.807) is 0 Å². The summed E-state index contributed by atoms with van der Waals surface area (Å²) in [6.07, 6.45) is -3.75. The first-order valence-electron chi connectivity index (χ1n) is 8.50. The van der Waals surface area contributed by atoms with Gasteiger partial charge in [0.05, 0.1) is 22.8 Å². The highest BCUT2D eigenvalue weighted by Gasteiger charge is 2.35. The smallest absolute Gasteiger partial charge is 0.417 e. The topological polar surface area (TPSA) is 39.9 Å². The van der Waals surface area contributed by atoms with Crippen LogP contribution in [0.25, 0.3) is 28.0 Å². The van der Waals surface area contributed by atoms with Crippen LogP contribution in [-0.2, 0) is 6.18 Å². The van der Waals surface area contributed by atoms with Gasteiger partial charge in [0, 0.05) is 5.56 Å². The van der Waals surface area contributed by atoms with E-state index < -0.39 is 24.2 Å². The molecule has 10 heteroatoms. The molecule has 0 spiro atoms. The highest BCUT2D eigenvalue weighted by Crippen LogP contribution is 2.37. The first kappa shape index (κ1) is 19.7. The zero-order chi connectivity index (χ0) is 21.5. The van der Waals surface area contributed by atoms with Gasteiger partial charge in [-0.15, -0.1) is 0 Å². The van der Waals surface area contributed by atoms with Crippen LogP contribution in [0, 0.1) is 5.82 Å². The highest BCUT2D eigenvalue weighted by molar-refractivity contribution is 5.84. The lowest BCUT2D eigenvalue weighted by atomic mass is 10.1. The van der Waals surface area contributed by atoms with Crippen LogP contribution in [0.15, 0.2) is 60.8 Å². The summed E-state index contributed by atoms with van der Waals surface area (Å²) >= 11 is 0. The van der Waals surface area contributed by atoms with Crippen LogP contribution in [0.5, 0.6) is 5.75 Å². The van der Waals surface area contributed by atoms with E-state index in [1.165, 1.54) is 42.5 Å². The predicted molar refractivity (Wildman–Crippen MR) is 95.9 cm³/mol. The number of benzene rings is 2. The first-order chi connectivity index (χ1) is 14.2. The van der Waals surface area contributed by atoms with E-state index in [2.05, 4.69) is 14.8 Å². The van der Waals surface area contributed by atoms with Crippen molar-refractivity contribution >= 4 is 11.0 Å². The molecule has 2 aromatic heterocycles. The second-order valence-electron chi connectivity index (χ2n) is 6.20. The van der Waals surface area contributed by atoms with Crippen LogP contribution < -0.4 is 4.74 Å². The van der Waals surface area contributed by atoms with E-state index in [0.717, 1.165) is 23.0 Å². The largest absolute Gasteiger partial charge is 0.435 e. The van der Waals surface area contributed by atoms with Gasteiger partial charge in [0.15, 0.2) is 5.65 Å². The number of hydrogen-bond acceptors (Lipinski definition) is 3. The number of para-hydroxylation sites is 1. The molecule has 0 aliphatic rings. The Balaban J connectivity index is 1.91. The van der Waals surface area contributed by atoms with Gasteiger partial charge in [-0.25, -0.2) is 14.1 Å². The van der Waals surface area contributed by atoms with Crippen LogP contribution in [0.2, 0.25) is 0 Å². The third kappa shape index (κ3) is 3.68. The number of hydrogen-bond donors (Lipinski definition) is 0. The van der Waals surface area contributed by atoms with E-state index >= 15 is 0 Å². The fourth-order valence-electron chi connectivity index (χ4n) is 2.99. The van der Waals surface area contributed by atoms with Crippen LogP contribution in [-0.4, -0.2) is 21.4 Å². The molecule has 2 aromatic carbocycles. The Kier molecular flexibility index (Phi) is 4.84. The molecule has 0 saturated carbocycles. The van der Waals surface area contributed by atoms with Crippen molar-refractivity contribution in [3.63, 3.8) is 0 Å². The minimum Gasteiger partial charge on any atom is -0.435 e. The zero-order valence-corrected chi connectivity index (χ0v) is 14.9. The standard InChI is InChI=1S/C20H11F6N3O/c21-15-3-1-2-4-17(15)29-18-13(10-27-29)14(20(24,25)26)9-16(28-18)11-5-7-12(8-6-11)30-19(22)23/h1-10,19H. The van der Waals surface area contributed by atoms with Gasteiger partial charge in [0.25, 0.3) is 0 Å². The van der Waals surface area contributed by atoms with E-state index in [0.29, 0.717) is 0 Å². The maximum atomic E-state index is 14.2. The van der Waals surface area contributed by atoms with Crippen molar-refractivity contribution in [2.45, 2.75) is 12.8 Å². The van der Waals surface area contributed by atoms with Crippen molar-refractivity contribution in [1.29, 1.82) is 0 Å². The molecule has 0 atom stereocenters. The van der Waals surface area contributed by atoms with Gasteiger partial charge >= 0.3 is 12.8 Å². The normalized spacial score (nSPS) is 12.0. The second kappa shape index (κ2) is 7.36. The monoisotopic (exact) mass is 423 g/mol. The second-order valence-corrected chi connectivity index (χ2v) is 6.20. The molecule has 2 heterocycles. The third-order valence-electron chi connectivity index (χ3n) is 4.30. The van der Waals surface area contributed by atoms with Crippen LogP contribution >= 0.6 is 0 Å². The highest BCUT2D eigenvalue weighted by atomic mass is 19.4. The number of aromatic nitrogens is 3. The van der Waals surface area contributed by atoms with Gasteiger partial charge in [-0.3, -0.25) is 0 Å². The Hall–Kier alpha value is -3.56. The average molecular weight is 423 g/mol. The molecule has 30 heavy (non-hydrogen) atoms. The first-order valence-corrected chi connectivity index (χ1v) is 8.50. The molecule has 0 aliphatic heterocycles. The summed E-state index contributed by atoms with van der Waals surface area (Å²) in [5.41, 5.74) is -1.12. The minimum absolute atomic E-state index is 0.0639. The fourth-order valence-corrected chi connectivity index (χ4v) is 2.99. The molecule has 154 valence electrons. The van der Waals surface area contributed by atoms with Gasteiger partial charge in [-0.1, -0.05) is 12.1 Å². The molecule has 0 unspecified atom stereocenters. The lowest BCUT2D eigenvalue weighted by Crippen LogP contribution is -2.08. The Morgan fingerprint density at radius 1 is 0.967 bits per heavy atom. The number of pyridine rings is 1. The molecule has 0 saturated heterocycles. The van der Waals surface area contributed by atoms with Crippen molar-refractivity contribution in [2.24, 2.45) is 0 Å². The Bertz CT molecular complexity index is 1200. The number of alkyl halides is 5. The summed E-state index contributed by atoms with van der Waals surface area (Å²) in [7, 11) is 0. The van der Waals surface area contributed by atoms with Crippen molar-refractivity contribution in [3.05, 3.63) is 72.2 Å². The summed E-state index contributed by atoms with van der Waals surface area (Å²) in [4.78, 5) is 4.23. The number of ether oxygens (including phenoxy) is 1. The number of rotatable bonds is 4. The number of fused-ring (bicyclic) bond motifs is 1. The molecule has 4 nitrogen and oxygen atoms in total. The van der Waals surface area contributed by atoms with E-state index in [9.17, 15) is 26.3 Å². The molecule has 0 fully saturated rings. The number of halogens is 6. The molecule has 0 N–H and O–H groups in total. The third-order valence-corrected chi connectivity index (χ3v) is 4.30. The molecule has 4 aromatic rings. The van der Waals surface area contributed by atoms with Crippen molar-refractivity contribution in [2.75, 3.05) is 0 Å². The summed E-state index contributed by atoms with van der Waals surface area (Å²) in [6.45, 7) is -3.03. The van der Waals surface area contributed by atoms with Gasteiger partial charge < -0.3 is 4.74 Å². The molecule has 4 rings (SSSR count). The molecular formula is C20H11F6N3O. The molecule has 0 amide bonds. The predicted octanol–water partition coefficient (Wildman–Crippen LogP) is 5.85. The van der Waals surface area contributed by atoms with Gasteiger partial charge in [-0.2, -0.15) is 27.1 Å². The van der Waals surface area contributed by atoms with E-state index in [4.69, 9.17) is 0 Å². The summed E-state index contributed by atoms with van der Waals surface area (Å²) in [6, 6.07) is 11.3. The van der Waals surface area contributed by atoms with Crippen molar-refractivity contribution < 1.29 is 31.1 Å². The Labute approximate surface area is 165 Å². The maximum Gasteiger partial charge on any atom is 0.417 e. The quantitative estimate of drug-likeness (QED) is 0.387. The number of nitrogens with zero attached hydrogens (tertiary/aromatic N) is 3. The van der Waals surface area contributed by atoms with Crippen LogP contribution in [0.3, 0.4) is 0 Å². The molecular weight excluding hydrogens is 412 g/mol. The van der Waals surface area contributed by atoms with E-state index in [-0.39, 0.29) is 33.7 Å². The Morgan fingerprint density at radius 3 is 2.30 bits per heavy atom. The van der Waals surface area contributed by atoms with Crippen molar-refractivity contribution in [3.8, 4) is 22.7 Å². The van der Waals surface area contributed by atoms with Gasteiger partial charge in [0.1, 0.15) is 17.3 Å². The van der Waals surface area contributed by atoms with Gasteiger partial charge in [0.2, 0.25) is 0 Å². The summed E-state index contributed by atoms with van der Waals surface area (Å²) in [5, 5.41) is 3.59. The molecule has 0 radical (unpaired) electrons. The van der Waals surface area contributed by atoms with Crippen LogP contribution in [0.1, 0.15) is 5.56 Å². The lowest BCUT2D eigenvalue weighted by molar-refractivity contribution is -0.136. The minimum atomic E-state index is -4.72. The van der Waals surface area contributed by atoms with E-state index in [1.807, 2.05) is 0 Å².